The van der Waals surface area contributed by atoms with Gasteiger partial charge in [0.1, 0.15) is 17.6 Å². The van der Waals surface area contributed by atoms with Crippen LogP contribution in [0, 0.1) is 5.41 Å². The number of methoxy groups -OCH3 is 1. The first-order valence-electron chi connectivity index (χ1n) is 8.20. The number of nitrogens with zero attached hydrogens (tertiary/aromatic N) is 2. The molecule has 0 aromatic heterocycles. The normalized spacial score (nSPS) is 18.7. The Bertz CT molecular complexity index is 543. The Morgan fingerprint density at radius 2 is 2.13 bits per heavy atom. The molecule has 1 aromatic rings. The third kappa shape index (κ3) is 5.05. The van der Waals surface area contributed by atoms with Crippen LogP contribution in [0.3, 0.4) is 0 Å². The third-order valence-electron chi connectivity index (χ3n) is 4.11. The van der Waals surface area contributed by atoms with Crippen LogP contribution >= 0.6 is 0 Å². The van der Waals surface area contributed by atoms with Gasteiger partial charge in [-0.3, -0.25) is 4.99 Å². The fourth-order valence-corrected chi connectivity index (χ4v) is 2.81. The molecule has 0 amide bonds. The minimum atomic E-state index is 0.0365. The van der Waals surface area contributed by atoms with E-state index in [4.69, 9.17) is 9.47 Å². The maximum absolute atomic E-state index is 5.94. The van der Waals surface area contributed by atoms with Gasteiger partial charge in [0.15, 0.2) is 5.96 Å². The Morgan fingerprint density at radius 3 is 2.74 bits per heavy atom. The molecule has 128 valence electrons. The smallest absolute Gasteiger partial charge is 0.193 e. The van der Waals surface area contributed by atoms with Crippen molar-refractivity contribution in [3.8, 4) is 11.5 Å². The molecule has 0 spiro atoms. The summed E-state index contributed by atoms with van der Waals surface area (Å²) >= 11 is 0. The van der Waals surface area contributed by atoms with Crippen LogP contribution < -0.4 is 14.8 Å². The van der Waals surface area contributed by atoms with Gasteiger partial charge >= 0.3 is 0 Å². The lowest BCUT2D eigenvalue weighted by atomic mass is 9.93. The summed E-state index contributed by atoms with van der Waals surface area (Å²) in [6, 6.07) is 7.68. The van der Waals surface area contributed by atoms with Crippen LogP contribution in [0.1, 0.15) is 27.2 Å². The summed E-state index contributed by atoms with van der Waals surface area (Å²) in [4.78, 5) is 6.72. The van der Waals surface area contributed by atoms with Crippen LogP contribution in [0.2, 0.25) is 0 Å². The number of rotatable bonds is 5. The molecular formula is C18H29N3O2. The third-order valence-corrected chi connectivity index (χ3v) is 4.11. The lowest BCUT2D eigenvalue weighted by Crippen LogP contribution is -2.44. The Hall–Kier alpha value is -1.91. The fourth-order valence-electron chi connectivity index (χ4n) is 2.81. The summed E-state index contributed by atoms with van der Waals surface area (Å²) in [5, 5.41) is 3.42. The van der Waals surface area contributed by atoms with Crippen molar-refractivity contribution in [2.24, 2.45) is 10.4 Å². The highest BCUT2D eigenvalue weighted by atomic mass is 16.5. The highest BCUT2D eigenvalue weighted by Gasteiger charge is 2.30. The Labute approximate surface area is 139 Å². The molecule has 5 nitrogen and oxygen atoms in total. The first-order chi connectivity index (χ1) is 10.9. The second-order valence-corrected chi connectivity index (χ2v) is 6.87. The summed E-state index contributed by atoms with van der Waals surface area (Å²) in [7, 11) is 3.49. The van der Waals surface area contributed by atoms with Gasteiger partial charge in [0.25, 0.3) is 0 Å². The van der Waals surface area contributed by atoms with Crippen molar-refractivity contribution in [2.75, 3.05) is 33.8 Å². The van der Waals surface area contributed by atoms with Crippen molar-refractivity contribution in [1.82, 2.24) is 10.2 Å². The maximum Gasteiger partial charge on any atom is 0.193 e. The Kier molecular flexibility index (Phi) is 5.74. The lowest BCUT2D eigenvalue weighted by Gasteiger charge is -2.25. The summed E-state index contributed by atoms with van der Waals surface area (Å²) in [5.41, 5.74) is 0.361. The molecule has 1 N–H and O–H groups in total. The zero-order chi connectivity index (χ0) is 16.9. The van der Waals surface area contributed by atoms with Gasteiger partial charge in [-0.05, 0) is 30.9 Å². The van der Waals surface area contributed by atoms with E-state index in [0.29, 0.717) is 12.0 Å². The molecule has 0 radical (unpaired) electrons. The highest BCUT2D eigenvalue weighted by molar-refractivity contribution is 5.80. The lowest BCUT2D eigenvalue weighted by molar-refractivity contribution is 0.221. The second kappa shape index (κ2) is 7.57. The van der Waals surface area contributed by atoms with Gasteiger partial charge in [0.2, 0.25) is 0 Å². The van der Waals surface area contributed by atoms with Gasteiger partial charge in [-0.2, -0.15) is 0 Å². The van der Waals surface area contributed by atoms with Gasteiger partial charge in [-0.25, -0.2) is 0 Å². The number of hydrogen-bond acceptors (Lipinski definition) is 3. The van der Waals surface area contributed by atoms with Crippen LogP contribution in [-0.4, -0.2) is 50.8 Å². The van der Waals surface area contributed by atoms with E-state index >= 15 is 0 Å². The first kappa shape index (κ1) is 17.4. The molecule has 0 saturated carbocycles. The van der Waals surface area contributed by atoms with E-state index < -0.39 is 0 Å². The van der Waals surface area contributed by atoms with Gasteiger partial charge in [-0.15, -0.1) is 0 Å². The fraction of sp³-hybridized carbons (Fsp3) is 0.611. The average Bonchev–Trinajstić information content (AvgIpc) is 2.88. The first-order valence-corrected chi connectivity index (χ1v) is 8.20. The van der Waals surface area contributed by atoms with Gasteiger partial charge in [0.05, 0.1) is 13.7 Å². The summed E-state index contributed by atoms with van der Waals surface area (Å²) in [5.74, 6) is 2.57. The van der Waals surface area contributed by atoms with E-state index in [-0.39, 0.29) is 6.10 Å². The van der Waals surface area contributed by atoms with Gasteiger partial charge in [0, 0.05) is 26.2 Å². The van der Waals surface area contributed by atoms with E-state index in [1.807, 2.05) is 38.2 Å². The zero-order valence-electron chi connectivity index (χ0n) is 14.9. The van der Waals surface area contributed by atoms with Crippen molar-refractivity contribution >= 4 is 5.96 Å². The van der Waals surface area contributed by atoms with E-state index in [2.05, 4.69) is 29.1 Å². The van der Waals surface area contributed by atoms with Crippen molar-refractivity contribution in [2.45, 2.75) is 33.3 Å². The number of guanidine groups is 1. The number of hydrogen-bond donors (Lipinski definition) is 1. The molecule has 2 rings (SSSR count). The Morgan fingerprint density at radius 1 is 1.39 bits per heavy atom. The van der Waals surface area contributed by atoms with E-state index in [1.165, 1.54) is 6.42 Å². The molecule has 1 heterocycles. The number of likely N-dealkylation sites (tertiary alicyclic amines) is 1. The summed E-state index contributed by atoms with van der Waals surface area (Å²) in [6.07, 6.45) is 1.23. The van der Waals surface area contributed by atoms with Gasteiger partial charge in [-0.1, -0.05) is 19.9 Å². The molecule has 1 unspecified atom stereocenters. The number of benzene rings is 1. The van der Waals surface area contributed by atoms with Crippen molar-refractivity contribution in [1.29, 1.82) is 0 Å². The van der Waals surface area contributed by atoms with E-state index in [0.717, 1.165) is 30.5 Å². The largest absolute Gasteiger partial charge is 0.497 e. The van der Waals surface area contributed by atoms with E-state index in [9.17, 15) is 0 Å². The molecule has 23 heavy (non-hydrogen) atoms. The SMILES string of the molecule is CN=C(NCC(C)Oc1cccc(OC)c1)N1CCC(C)(C)C1. The quantitative estimate of drug-likeness (QED) is 0.669. The van der Waals surface area contributed by atoms with Crippen LogP contribution in [0.15, 0.2) is 29.3 Å². The van der Waals surface area contributed by atoms with Crippen molar-refractivity contribution < 1.29 is 9.47 Å². The molecule has 0 bridgehead atoms. The predicted octanol–water partition coefficient (Wildman–Crippen LogP) is 2.77. The minimum Gasteiger partial charge on any atom is -0.497 e. The molecule has 1 atom stereocenters. The monoisotopic (exact) mass is 319 g/mol. The molecule has 5 heteroatoms. The van der Waals surface area contributed by atoms with Crippen molar-refractivity contribution in [3.63, 3.8) is 0 Å². The topological polar surface area (TPSA) is 46.1 Å². The Balaban J connectivity index is 1.84. The second-order valence-electron chi connectivity index (χ2n) is 6.87. The number of nitrogens with one attached hydrogen (secondary N) is 1. The predicted molar refractivity (Wildman–Crippen MR) is 94.4 cm³/mol. The molecule has 1 aliphatic heterocycles. The molecular weight excluding hydrogens is 290 g/mol. The molecule has 1 saturated heterocycles. The number of aliphatic imine (C=N–C) groups is 1. The molecule has 1 fully saturated rings. The van der Waals surface area contributed by atoms with Crippen LogP contribution in [-0.2, 0) is 0 Å². The average molecular weight is 319 g/mol. The molecule has 1 aliphatic rings. The van der Waals surface area contributed by atoms with Gasteiger partial charge < -0.3 is 19.7 Å². The maximum atomic E-state index is 5.94. The standard InChI is InChI=1S/C18H29N3O2/c1-14(23-16-8-6-7-15(11-16)22-5)12-20-17(19-4)21-10-9-18(2,3)13-21/h6-8,11,14H,9-10,12-13H2,1-5H3,(H,19,20). The summed E-state index contributed by atoms with van der Waals surface area (Å²) < 4.78 is 11.2. The zero-order valence-corrected chi connectivity index (χ0v) is 14.9. The molecule has 0 aliphatic carbocycles. The van der Waals surface area contributed by atoms with Crippen LogP contribution in [0.4, 0.5) is 0 Å². The highest BCUT2D eigenvalue weighted by Crippen LogP contribution is 2.28. The molecule has 1 aromatic carbocycles. The van der Waals surface area contributed by atoms with E-state index in [1.54, 1.807) is 7.11 Å². The van der Waals surface area contributed by atoms with Crippen LogP contribution in [0.5, 0.6) is 11.5 Å². The minimum absolute atomic E-state index is 0.0365. The summed E-state index contributed by atoms with van der Waals surface area (Å²) in [6.45, 7) is 9.45. The van der Waals surface area contributed by atoms with Crippen LogP contribution in [0.25, 0.3) is 0 Å². The number of ether oxygens (including phenoxy) is 2. The van der Waals surface area contributed by atoms with Crippen molar-refractivity contribution in [3.05, 3.63) is 24.3 Å².